The predicted octanol–water partition coefficient (Wildman–Crippen LogP) is 1.81. The van der Waals surface area contributed by atoms with Gasteiger partial charge in [-0.2, -0.15) is 5.10 Å². The van der Waals surface area contributed by atoms with Crippen LogP contribution in [-0.4, -0.2) is 37.5 Å². The molecule has 2 aromatic heterocycles. The molecule has 6 nitrogen and oxygen atoms in total. The van der Waals surface area contributed by atoms with Gasteiger partial charge in [0.2, 0.25) is 0 Å². The van der Waals surface area contributed by atoms with Crippen molar-refractivity contribution in [1.29, 1.82) is 0 Å². The van der Waals surface area contributed by atoms with Gasteiger partial charge in [0.05, 0.1) is 23.7 Å². The molecule has 1 saturated carbocycles. The molecule has 1 aliphatic carbocycles. The second kappa shape index (κ2) is 5.01. The van der Waals surface area contributed by atoms with Crippen LogP contribution in [0.25, 0.3) is 11.0 Å². The van der Waals surface area contributed by atoms with Gasteiger partial charge in [-0.3, -0.25) is 0 Å². The largest absolute Gasteiger partial charge is 0.388 e. The van der Waals surface area contributed by atoms with Gasteiger partial charge in [-0.05, 0) is 31.6 Å². The maximum Gasteiger partial charge on any atom is 0.163 e. The highest BCUT2D eigenvalue weighted by Gasteiger charge is 2.33. The molecule has 108 valence electrons. The van der Waals surface area contributed by atoms with E-state index in [1.54, 1.807) is 10.9 Å². The molecule has 2 N–H and O–H groups in total. The van der Waals surface area contributed by atoms with Gasteiger partial charge in [0.15, 0.2) is 5.65 Å². The molecule has 6 heteroatoms. The van der Waals surface area contributed by atoms with Crippen LogP contribution in [0.2, 0.25) is 0 Å². The number of rotatable bonds is 3. The minimum absolute atomic E-state index is 0.503. The maximum atomic E-state index is 10.7. The third-order valence-corrected chi connectivity index (χ3v) is 4.32. The molecule has 3 rings (SSSR count). The molecule has 2 heterocycles. The number of hydrogen-bond acceptors (Lipinski definition) is 5. The van der Waals surface area contributed by atoms with E-state index in [1.807, 2.05) is 7.05 Å². The number of aromatic nitrogens is 4. The number of nitrogens with one attached hydrogen (secondary N) is 1. The Bertz CT molecular complexity index is 601. The normalized spacial score (nSPS) is 26.9. The smallest absolute Gasteiger partial charge is 0.163 e. The van der Waals surface area contributed by atoms with Gasteiger partial charge < -0.3 is 10.4 Å². The minimum Gasteiger partial charge on any atom is -0.388 e. The van der Waals surface area contributed by atoms with Gasteiger partial charge in [-0.1, -0.05) is 6.92 Å². The Morgan fingerprint density at radius 2 is 2.15 bits per heavy atom. The molecular weight excluding hydrogens is 254 g/mol. The summed E-state index contributed by atoms with van der Waals surface area (Å²) < 4.78 is 1.80. The molecule has 0 unspecified atom stereocenters. The van der Waals surface area contributed by atoms with Gasteiger partial charge >= 0.3 is 0 Å². The first kappa shape index (κ1) is 13.3. The van der Waals surface area contributed by atoms with E-state index >= 15 is 0 Å². The zero-order valence-electron chi connectivity index (χ0n) is 12.0. The van der Waals surface area contributed by atoms with E-state index in [2.05, 4.69) is 27.3 Å². The Kier molecular flexibility index (Phi) is 3.33. The van der Waals surface area contributed by atoms with Crippen LogP contribution in [0, 0.1) is 5.92 Å². The zero-order chi connectivity index (χ0) is 14.2. The number of fused-ring (bicyclic) bond motifs is 1. The van der Waals surface area contributed by atoms with E-state index in [4.69, 9.17) is 0 Å². The summed E-state index contributed by atoms with van der Waals surface area (Å²) in [6, 6.07) is 0. The Labute approximate surface area is 118 Å². The first-order valence-corrected chi connectivity index (χ1v) is 7.18. The monoisotopic (exact) mass is 275 g/mol. The minimum atomic E-state index is -0.657. The van der Waals surface area contributed by atoms with Crippen molar-refractivity contribution in [1.82, 2.24) is 19.7 Å². The van der Waals surface area contributed by atoms with Gasteiger partial charge in [-0.15, -0.1) is 0 Å². The van der Waals surface area contributed by atoms with E-state index in [9.17, 15) is 5.11 Å². The molecule has 0 aliphatic heterocycles. The van der Waals surface area contributed by atoms with Crippen molar-refractivity contribution < 1.29 is 5.11 Å². The van der Waals surface area contributed by atoms with E-state index < -0.39 is 5.60 Å². The molecule has 0 spiro atoms. The lowest BCUT2D eigenvalue weighted by atomic mass is 9.79. The van der Waals surface area contributed by atoms with Crippen LogP contribution < -0.4 is 5.32 Å². The summed E-state index contributed by atoms with van der Waals surface area (Å²) in [5.41, 5.74) is 0.118. The molecular formula is C14H21N5O. The van der Waals surface area contributed by atoms with Crippen LogP contribution in [0.15, 0.2) is 12.5 Å². The molecule has 2 aromatic rings. The highest BCUT2D eigenvalue weighted by molar-refractivity contribution is 5.85. The summed E-state index contributed by atoms with van der Waals surface area (Å²) in [6.45, 7) is 2.75. The maximum absolute atomic E-state index is 10.7. The Balaban J connectivity index is 1.88. The van der Waals surface area contributed by atoms with Crippen molar-refractivity contribution in [2.24, 2.45) is 5.92 Å². The fourth-order valence-electron chi connectivity index (χ4n) is 2.94. The zero-order valence-corrected chi connectivity index (χ0v) is 12.0. The van der Waals surface area contributed by atoms with Crippen molar-refractivity contribution in [3.63, 3.8) is 0 Å². The standard InChI is InChI=1S/C14H21N5O/c1-10-3-5-14(20,6-4-10)8-19-13-11(7-18-19)12(15-2)16-9-17-13/h7,9-10,20H,3-6,8H2,1-2H3,(H,15,16,17). The van der Waals surface area contributed by atoms with E-state index in [-0.39, 0.29) is 0 Å². The molecule has 0 bridgehead atoms. The van der Waals surface area contributed by atoms with Gasteiger partial charge in [0, 0.05) is 7.05 Å². The number of nitrogens with zero attached hydrogens (tertiary/aromatic N) is 4. The summed E-state index contributed by atoms with van der Waals surface area (Å²) >= 11 is 0. The van der Waals surface area contributed by atoms with E-state index in [1.165, 1.54) is 6.33 Å². The fraction of sp³-hybridized carbons (Fsp3) is 0.643. The third-order valence-electron chi connectivity index (χ3n) is 4.32. The van der Waals surface area contributed by atoms with Gasteiger partial charge in [0.1, 0.15) is 12.1 Å². The molecule has 0 aromatic carbocycles. The third kappa shape index (κ3) is 2.35. The van der Waals surface area contributed by atoms with Crippen molar-refractivity contribution in [3.8, 4) is 0 Å². The second-order valence-electron chi connectivity index (χ2n) is 5.92. The second-order valence-corrected chi connectivity index (χ2v) is 5.92. The quantitative estimate of drug-likeness (QED) is 0.893. The number of hydrogen-bond donors (Lipinski definition) is 2. The van der Waals surface area contributed by atoms with Gasteiger partial charge in [-0.25, -0.2) is 14.6 Å². The number of anilines is 1. The Hall–Kier alpha value is -1.69. The lowest BCUT2D eigenvalue weighted by molar-refractivity contribution is -0.0235. The highest BCUT2D eigenvalue weighted by Crippen LogP contribution is 2.33. The molecule has 0 radical (unpaired) electrons. The molecule has 0 saturated heterocycles. The molecule has 0 amide bonds. The first-order chi connectivity index (χ1) is 9.61. The van der Waals surface area contributed by atoms with Crippen molar-refractivity contribution in [2.45, 2.75) is 44.8 Å². The summed E-state index contributed by atoms with van der Waals surface area (Å²) in [4.78, 5) is 8.47. The van der Waals surface area contributed by atoms with Gasteiger partial charge in [0.25, 0.3) is 0 Å². The molecule has 1 fully saturated rings. The molecule has 1 aliphatic rings. The highest BCUT2D eigenvalue weighted by atomic mass is 16.3. The van der Waals surface area contributed by atoms with Crippen LogP contribution in [0.5, 0.6) is 0 Å². The summed E-state index contributed by atoms with van der Waals surface area (Å²) in [7, 11) is 1.83. The van der Waals surface area contributed by atoms with Crippen molar-refractivity contribution >= 4 is 16.9 Å². The average molecular weight is 275 g/mol. The van der Waals surface area contributed by atoms with Crippen LogP contribution in [0.3, 0.4) is 0 Å². The molecule has 0 atom stereocenters. The van der Waals surface area contributed by atoms with Crippen LogP contribution in [0.1, 0.15) is 32.6 Å². The summed E-state index contributed by atoms with van der Waals surface area (Å²) in [5.74, 6) is 1.48. The summed E-state index contributed by atoms with van der Waals surface area (Å²) in [5, 5.41) is 19.0. The number of aliphatic hydroxyl groups is 1. The van der Waals surface area contributed by atoms with E-state index in [0.29, 0.717) is 12.5 Å². The predicted molar refractivity (Wildman–Crippen MR) is 77.5 cm³/mol. The lowest BCUT2D eigenvalue weighted by Crippen LogP contribution is -2.38. The SMILES string of the molecule is CNc1ncnc2c1cnn2CC1(O)CCC(C)CC1. The average Bonchev–Trinajstić information content (AvgIpc) is 2.85. The van der Waals surface area contributed by atoms with Crippen molar-refractivity contribution in [3.05, 3.63) is 12.5 Å². The van der Waals surface area contributed by atoms with Crippen LogP contribution in [-0.2, 0) is 6.54 Å². The molecule has 20 heavy (non-hydrogen) atoms. The topological polar surface area (TPSA) is 75.9 Å². The van der Waals surface area contributed by atoms with Crippen LogP contribution >= 0.6 is 0 Å². The Morgan fingerprint density at radius 3 is 2.85 bits per heavy atom. The first-order valence-electron chi connectivity index (χ1n) is 7.18. The summed E-state index contributed by atoms with van der Waals surface area (Å²) in [6.07, 6.45) is 7.10. The van der Waals surface area contributed by atoms with E-state index in [0.717, 1.165) is 42.5 Å². The fourth-order valence-corrected chi connectivity index (χ4v) is 2.94. The van der Waals surface area contributed by atoms with Crippen LogP contribution in [0.4, 0.5) is 5.82 Å². The van der Waals surface area contributed by atoms with Crippen molar-refractivity contribution in [2.75, 3.05) is 12.4 Å². The lowest BCUT2D eigenvalue weighted by Gasteiger charge is -2.34. The Morgan fingerprint density at radius 1 is 1.40 bits per heavy atom.